The van der Waals surface area contributed by atoms with Crippen LogP contribution in [0.5, 0.6) is 23.0 Å². The number of hydrogen-bond acceptors (Lipinski definition) is 9. The molecule has 2 aromatic carbocycles. The molecule has 2 heterocycles. The number of hydrogen-bond donors (Lipinski definition) is 0. The third kappa shape index (κ3) is 5.00. The van der Waals surface area contributed by atoms with Gasteiger partial charge in [-0.15, -0.1) is 11.3 Å². The summed E-state index contributed by atoms with van der Waals surface area (Å²) in [5.41, 5.74) is 1.62. The molecule has 4 rings (SSSR count). The number of anilines is 1. The van der Waals surface area contributed by atoms with Gasteiger partial charge in [-0.2, -0.15) is 0 Å². The van der Waals surface area contributed by atoms with Crippen molar-refractivity contribution < 1.29 is 27.4 Å². The fourth-order valence-corrected chi connectivity index (χ4v) is 7.22. The van der Waals surface area contributed by atoms with Crippen LogP contribution < -0.4 is 23.8 Å². The molecule has 8 nitrogen and oxygen atoms in total. The van der Waals surface area contributed by atoms with Crippen LogP contribution in [0.2, 0.25) is 5.02 Å². The van der Waals surface area contributed by atoms with Crippen LogP contribution in [-0.2, 0) is 9.84 Å². The first-order chi connectivity index (χ1) is 16.8. The van der Waals surface area contributed by atoms with Gasteiger partial charge in [-0.25, -0.2) is 13.4 Å². The lowest BCUT2D eigenvalue weighted by molar-refractivity contribution is 0.324. The largest absolute Gasteiger partial charge is 0.495 e. The van der Waals surface area contributed by atoms with Crippen molar-refractivity contribution in [1.29, 1.82) is 0 Å². The van der Waals surface area contributed by atoms with E-state index in [-0.39, 0.29) is 4.90 Å². The van der Waals surface area contributed by atoms with E-state index in [0.29, 0.717) is 54.0 Å². The molecule has 0 radical (unpaired) electrons. The highest BCUT2D eigenvalue weighted by atomic mass is 35.5. The molecule has 0 N–H and O–H groups in total. The Bertz CT molecular complexity index is 1280. The predicted octanol–water partition coefficient (Wildman–Crippen LogP) is 4.94. The van der Waals surface area contributed by atoms with Crippen LogP contribution in [0.25, 0.3) is 11.3 Å². The van der Waals surface area contributed by atoms with E-state index in [1.165, 1.54) is 24.5 Å². The van der Waals surface area contributed by atoms with Crippen LogP contribution in [0.3, 0.4) is 0 Å². The van der Waals surface area contributed by atoms with E-state index in [2.05, 4.69) is 4.90 Å². The highest BCUT2D eigenvalue weighted by Crippen LogP contribution is 2.42. The Morgan fingerprint density at radius 3 is 2.14 bits per heavy atom. The maximum Gasteiger partial charge on any atom is 0.203 e. The van der Waals surface area contributed by atoms with Gasteiger partial charge in [-0.05, 0) is 43.2 Å². The zero-order valence-electron chi connectivity index (χ0n) is 19.9. The van der Waals surface area contributed by atoms with Gasteiger partial charge in [0.1, 0.15) is 10.6 Å². The number of nitrogens with zero attached hydrogens (tertiary/aromatic N) is 2. The van der Waals surface area contributed by atoms with Gasteiger partial charge in [0.25, 0.3) is 0 Å². The van der Waals surface area contributed by atoms with Gasteiger partial charge in [0.15, 0.2) is 26.5 Å². The topological polar surface area (TPSA) is 87.2 Å². The smallest absolute Gasteiger partial charge is 0.203 e. The average molecular weight is 539 g/mol. The monoisotopic (exact) mass is 538 g/mol. The second-order valence-corrected chi connectivity index (χ2v) is 11.4. The third-order valence-corrected chi connectivity index (χ3v) is 9.45. The summed E-state index contributed by atoms with van der Waals surface area (Å²) in [5, 5.41) is 2.66. The van der Waals surface area contributed by atoms with E-state index < -0.39 is 15.1 Å². The summed E-state index contributed by atoms with van der Waals surface area (Å²) in [4.78, 5) is 7.06. The van der Waals surface area contributed by atoms with Gasteiger partial charge in [-0.3, -0.25) is 0 Å². The number of benzene rings is 2. The van der Waals surface area contributed by atoms with E-state index in [1.54, 1.807) is 33.5 Å². The van der Waals surface area contributed by atoms with Crippen molar-refractivity contribution >= 4 is 37.9 Å². The summed E-state index contributed by atoms with van der Waals surface area (Å²) in [6.07, 6.45) is 0.966. The number of sulfone groups is 1. The SMILES string of the molecule is COc1ccc(Cl)cc1S(=O)(=O)C1CCN(c2nc(-c3cc(OC)c(OC)c(OC)c3)cs2)CC1. The molecule has 1 aliphatic heterocycles. The number of ether oxygens (including phenoxy) is 4. The second kappa shape index (κ2) is 10.5. The van der Waals surface area contributed by atoms with Gasteiger partial charge in [-0.1, -0.05) is 11.6 Å². The molecule has 35 heavy (non-hydrogen) atoms. The maximum absolute atomic E-state index is 13.3. The van der Waals surface area contributed by atoms with E-state index in [1.807, 2.05) is 17.5 Å². The normalized spacial score (nSPS) is 14.6. The molecule has 188 valence electrons. The first kappa shape index (κ1) is 25.4. The highest BCUT2D eigenvalue weighted by Gasteiger charge is 2.34. The van der Waals surface area contributed by atoms with Crippen LogP contribution in [0.1, 0.15) is 12.8 Å². The van der Waals surface area contributed by atoms with Crippen LogP contribution in [0.4, 0.5) is 5.13 Å². The molecule has 11 heteroatoms. The van der Waals surface area contributed by atoms with E-state index in [4.69, 9.17) is 35.5 Å². The first-order valence-corrected chi connectivity index (χ1v) is 13.7. The molecule has 0 atom stereocenters. The molecule has 1 fully saturated rings. The second-order valence-electron chi connectivity index (χ2n) is 7.96. The number of rotatable bonds is 8. The highest BCUT2D eigenvalue weighted by molar-refractivity contribution is 7.92. The summed E-state index contributed by atoms with van der Waals surface area (Å²) in [6, 6.07) is 8.39. The van der Waals surface area contributed by atoms with Crippen LogP contribution in [-0.4, -0.2) is 60.2 Å². The van der Waals surface area contributed by atoms with Crippen molar-refractivity contribution in [3.8, 4) is 34.3 Å². The third-order valence-electron chi connectivity index (χ3n) is 6.04. The van der Waals surface area contributed by atoms with Gasteiger partial charge in [0, 0.05) is 29.1 Å². The van der Waals surface area contributed by atoms with E-state index in [0.717, 1.165) is 16.4 Å². The molecular formula is C24H27ClN2O6S2. The fraction of sp³-hybridized carbons (Fsp3) is 0.375. The van der Waals surface area contributed by atoms with E-state index in [9.17, 15) is 8.42 Å². The molecule has 0 bridgehead atoms. The quantitative estimate of drug-likeness (QED) is 0.398. The Morgan fingerprint density at radius 1 is 0.943 bits per heavy atom. The first-order valence-electron chi connectivity index (χ1n) is 10.9. The summed E-state index contributed by atoms with van der Waals surface area (Å²) >= 11 is 7.59. The minimum atomic E-state index is -3.59. The van der Waals surface area contributed by atoms with Crippen molar-refractivity contribution in [3.05, 3.63) is 40.7 Å². The Labute approximate surface area is 214 Å². The Balaban J connectivity index is 1.51. The lowest BCUT2D eigenvalue weighted by atomic mass is 10.1. The van der Waals surface area contributed by atoms with Crippen LogP contribution in [0.15, 0.2) is 40.6 Å². The summed E-state index contributed by atoms with van der Waals surface area (Å²) in [5.74, 6) is 1.94. The van der Waals surface area contributed by atoms with Crippen molar-refractivity contribution in [1.82, 2.24) is 4.98 Å². The van der Waals surface area contributed by atoms with Gasteiger partial charge >= 0.3 is 0 Å². The van der Waals surface area contributed by atoms with Crippen molar-refractivity contribution in [3.63, 3.8) is 0 Å². The van der Waals surface area contributed by atoms with Gasteiger partial charge in [0.2, 0.25) is 5.75 Å². The van der Waals surface area contributed by atoms with Gasteiger partial charge in [0.05, 0.1) is 39.4 Å². The maximum atomic E-state index is 13.3. The van der Waals surface area contributed by atoms with E-state index >= 15 is 0 Å². The molecule has 3 aromatic rings. The number of piperidine rings is 1. The zero-order chi connectivity index (χ0) is 25.2. The fourth-order valence-electron chi connectivity index (χ4n) is 4.18. The molecule has 0 aliphatic carbocycles. The summed E-state index contributed by atoms with van der Waals surface area (Å²) in [6.45, 7) is 1.16. The molecule has 1 saturated heterocycles. The van der Waals surface area contributed by atoms with Crippen molar-refractivity contribution in [2.24, 2.45) is 0 Å². The predicted molar refractivity (Wildman–Crippen MR) is 138 cm³/mol. The number of methoxy groups -OCH3 is 4. The summed E-state index contributed by atoms with van der Waals surface area (Å²) in [7, 11) is 2.58. The molecule has 1 aromatic heterocycles. The molecule has 1 aliphatic rings. The minimum Gasteiger partial charge on any atom is -0.495 e. The van der Waals surface area contributed by atoms with Crippen molar-refractivity contribution in [2.45, 2.75) is 23.0 Å². The molecule has 0 unspecified atom stereocenters. The Morgan fingerprint density at radius 2 is 1.57 bits per heavy atom. The summed E-state index contributed by atoms with van der Waals surface area (Å²) < 4.78 is 48.2. The molecular weight excluding hydrogens is 512 g/mol. The standard InChI is InChI=1S/C24H27ClN2O6S2/c1-30-19-6-5-16(25)13-22(19)35(28,29)17-7-9-27(10-8-17)24-26-18(14-34-24)15-11-20(31-2)23(33-4)21(12-15)32-3/h5-6,11-14,17H,7-10H2,1-4H3. The Kier molecular flexibility index (Phi) is 7.63. The molecule has 0 spiro atoms. The molecule has 0 amide bonds. The number of halogens is 1. The average Bonchev–Trinajstić information content (AvgIpc) is 3.38. The van der Waals surface area contributed by atoms with Crippen molar-refractivity contribution in [2.75, 3.05) is 46.4 Å². The number of aromatic nitrogens is 1. The zero-order valence-corrected chi connectivity index (χ0v) is 22.3. The lowest BCUT2D eigenvalue weighted by Gasteiger charge is -2.31. The number of thiazole rings is 1. The Hall–Kier alpha value is -2.69. The van der Waals surface area contributed by atoms with Crippen LogP contribution >= 0.6 is 22.9 Å². The lowest BCUT2D eigenvalue weighted by Crippen LogP contribution is -2.39. The minimum absolute atomic E-state index is 0.143. The molecule has 0 saturated carbocycles. The van der Waals surface area contributed by atoms with Gasteiger partial charge < -0.3 is 23.8 Å². The van der Waals surface area contributed by atoms with Crippen LogP contribution in [0, 0.1) is 0 Å².